The largest absolute Gasteiger partial charge is 0.385 e. The Morgan fingerprint density at radius 2 is 1.96 bits per heavy atom. The van der Waals surface area contributed by atoms with Crippen molar-refractivity contribution >= 4 is 17.5 Å². The van der Waals surface area contributed by atoms with Crippen molar-refractivity contribution < 1.29 is 9.53 Å². The van der Waals surface area contributed by atoms with Gasteiger partial charge in [0, 0.05) is 38.3 Å². The summed E-state index contributed by atoms with van der Waals surface area (Å²) in [6.07, 6.45) is 3.81. The quantitative estimate of drug-likeness (QED) is 0.768. The van der Waals surface area contributed by atoms with Crippen LogP contribution < -0.4 is 10.6 Å². The molecule has 23 heavy (non-hydrogen) atoms. The standard InChI is InChI=1S/C17H22N4O2/c1-12-5-6-15(13(2)9-12)21-17-19-10-14(11-20-17)16(22)18-7-4-8-23-3/h5-6,9-11H,4,7-8H2,1-3H3,(H,18,22)(H,19,20,21). The van der Waals surface area contributed by atoms with Gasteiger partial charge in [-0.15, -0.1) is 0 Å². The highest BCUT2D eigenvalue weighted by Gasteiger charge is 2.07. The van der Waals surface area contributed by atoms with E-state index in [9.17, 15) is 4.79 Å². The number of amides is 1. The summed E-state index contributed by atoms with van der Waals surface area (Å²) in [7, 11) is 1.64. The second kappa shape index (κ2) is 8.24. The van der Waals surface area contributed by atoms with Gasteiger partial charge in [0.1, 0.15) is 0 Å². The van der Waals surface area contributed by atoms with Crippen LogP contribution in [-0.2, 0) is 4.74 Å². The molecule has 1 aromatic carbocycles. The van der Waals surface area contributed by atoms with Crippen molar-refractivity contribution in [3.63, 3.8) is 0 Å². The van der Waals surface area contributed by atoms with Gasteiger partial charge in [0.2, 0.25) is 5.95 Å². The number of nitrogens with zero attached hydrogens (tertiary/aromatic N) is 2. The molecule has 0 aliphatic rings. The van der Waals surface area contributed by atoms with Gasteiger partial charge >= 0.3 is 0 Å². The lowest BCUT2D eigenvalue weighted by Crippen LogP contribution is -2.25. The van der Waals surface area contributed by atoms with E-state index >= 15 is 0 Å². The number of anilines is 2. The number of methoxy groups -OCH3 is 1. The van der Waals surface area contributed by atoms with Crippen LogP contribution in [0.1, 0.15) is 27.9 Å². The molecule has 0 saturated heterocycles. The molecule has 122 valence electrons. The number of hydrogen-bond donors (Lipinski definition) is 2. The van der Waals surface area contributed by atoms with Gasteiger partial charge in [-0.05, 0) is 31.9 Å². The molecule has 0 atom stereocenters. The van der Waals surface area contributed by atoms with Gasteiger partial charge in [0.25, 0.3) is 5.91 Å². The smallest absolute Gasteiger partial charge is 0.254 e. The SMILES string of the molecule is COCCCNC(=O)c1cnc(Nc2ccc(C)cc2C)nc1. The minimum atomic E-state index is -0.181. The third kappa shape index (κ3) is 5.03. The molecule has 2 N–H and O–H groups in total. The van der Waals surface area contributed by atoms with E-state index in [1.54, 1.807) is 7.11 Å². The summed E-state index contributed by atoms with van der Waals surface area (Å²) in [5, 5.41) is 5.95. The fraction of sp³-hybridized carbons (Fsp3) is 0.353. The molecule has 0 spiro atoms. The predicted molar refractivity (Wildman–Crippen MR) is 90.1 cm³/mol. The Morgan fingerprint density at radius 3 is 2.61 bits per heavy atom. The molecule has 2 aromatic rings. The molecule has 1 amide bonds. The Morgan fingerprint density at radius 1 is 1.22 bits per heavy atom. The normalized spacial score (nSPS) is 10.4. The minimum absolute atomic E-state index is 0.181. The number of aryl methyl sites for hydroxylation is 2. The van der Waals surface area contributed by atoms with Crippen molar-refractivity contribution in [3.05, 3.63) is 47.3 Å². The van der Waals surface area contributed by atoms with Crippen LogP contribution in [0, 0.1) is 13.8 Å². The summed E-state index contributed by atoms with van der Waals surface area (Å²) < 4.78 is 4.93. The molecule has 1 heterocycles. The van der Waals surface area contributed by atoms with Crippen molar-refractivity contribution in [1.29, 1.82) is 0 Å². The van der Waals surface area contributed by atoms with E-state index in [-0.39, 0.29) is 5.91 Å². The van der Waals surface area contributed by atoms with Crippen LogP contribution in [0.15, 0.2) is 30.6 Å². The first-order valence-corrected chi connectivity index (χ1v) is 7.53. The molecular formula is C17H22N4O2. The highest BCUT2D eigenvalue weighted by molar-refractivity contribution is 5.93. The maximum absolute atomic E-state index is 11.9. The van der Waals surface area contributed by atoms with Gasteiger partial charge in [-0.1, -0.05) is 17.7 Å². The first kappa shape index (κ1) is 16.9. The lowest BCUT2D eigenvalue weighted by molar-refractivity contribution is 0.0948. The van der Waals surface area contributed by atoms with E-state index in [1.807, 2.05) is 26.0 Å². The van der Waals surface area contributed by atoms with E-state index < -0.39 is 0 Å². The van der Waals surface area contributed by atoms with Crippen molar-refractivity contribution in [1.82, 2.24) is 15.3 Å². The Kier molecular flexibility index (Phi) is 6.05. The molecule has 0 bridgehead atoms. The molecule has 6 heteroatoms. The number of hydrogen-bond acceptors (Lipinski definition) is 5. The number of carbonyl (C=O) groups is 1. The molecule has 2 rings (SSSR count). The zero-order valence-corrected chi connectivity index (χ0v) is 13.7. The summed E-state index contributed by atoms with van der Waals surface area (Å²) in [4.78, 5) is 20.3. The number of aromatic nitrogens is 2. The van der Waals surface area contributed by atoms with Crippen LogP contribution in [-0.4, -0.2) is 36.1 Å². The maximum Gasteiger partial charge on any atom is 0.254 e. The van der Waals surface area contributed by atoms with Crippen LogP contribution in [0.5, 0.6) is 0 Å². The van der Waals surface area contributed by atoms with Gasteiger partial charge in [-0.2, -0.15) is 0 Å². The molecular weight excluding hydrogens is 292 g/mol. The monoisotopic (exact) mass is 314 g/mol. The lowest BCUT2D eigenvalue weighted by atomic mass is 10.1. The van der Waals surface area contributed by atoms with Crippen LogP contribution in [0.2, 0.25) is 0 Å². The van der Waals surface area contributed by atoms with Gasteiger partial charge in [-0.25, -0.2) is 9.97 Å². The molecule has 0 fully saturated rings. The highest BCUT2D eigenvalue weighted by Crippen LogP contribution is 2.19. The van der Waals surface area contributed by atoms with Gasteiger partial charge in [0.15, 0.2) is 0 Å². The molecule has 0 unspecified atom stereocenters. The van der Waals surface area contributed by atoms with E-state index in [0.717, 1.165) is 17.7 Å². The first-order chi connectivity index (χ1) is 11.1. The number of benzene rings is 1. The van der Waals surface area contributed by atoms with E-state index in [2.05, 4.69) is 26.7 Å². The van der Waals surface area contributed by atoms with E-state index in [1.165, 1.54) is 18.0 Å². The summed E-state index contributed by atoms with van der Waals surface area (Å²) in [5.74, 6) is 0.284. The first-order valence-electron chi connectivity index (χ1n) is 7.53. The topological polar surface area (TPSA) is 76.1 Å². The van der Waals surface area contributed by atoms with Crippen molar-refractivity contribution in [2.45, 2.75) is 20.3 Å². The second-order valence-electron chi connectivity index (χ2n) is 5.34. The second-order valence-corrected chi connectivity index (χ2v) is 5.34. The number of nitrogens with one attached hydrogen (secondary N) is 2. The highest BCUT2D eigenvalue weighted by atomic mass is 16.5. The average molecular weight is 314 g/mol. The molecule has 0 aliphatic carbocycles. The zero-order valence-electron chi connectivity index (χ0n) is 13.7. The van der Waals surface area contributed by atoms with Gasteiger partial charge in [0.05, 0.1) is 5.56 Å². The Bertz CT molecular complexity index is 656. The third-order valence-electron chi connectivity index (χ3n) is 3.35. The minimum Gasteiger partial charge on any atom is -0.385 e. The number of carbonyl (C=O) groups excluding carboxylic acids is 1. The fourth-order valence-electron chi connectivity index (χ4n) is 2.10. The van der Waals surface area contributed by atoms with E-state index in [4.69, 9.17) is 4.74 Å². The number of rotatable bonds is 7. The molecule has 0 radical (unpaired) electrons. The van der Waals surface area contributed by atoms with Crippen LogP contribution in [0.3, 0.4) is 0 Å². The van der Waals surface area contributed by atoms with Crippen molar-refractivity contribution in [2.75, 3.05) is 25.6 Å². The number of ether oxygens (including phenoxy) is 1. The molecule has 0 aliphatic heterocycles. The predicted octanol–water partition coefficient (Wildman–Crippen LogP) is 2.60. The van der Waals surface area contributed by atoms with Crippen molar-refractivity contribution in [2.24, 2.45) is 0 Å². The Labute approximate surface area is 136 Å². The fourth-order valence-corrected chi connectivity index (χ4v) is 2.10. The van der Waals surface area contributed by atoms with E-state index in [0.29, 0.717) is 24.7 Å². The summed E-state index contributed by atoms with van der Waals surface area (Å²) in [6.45, 7) is 5.26. The molecule has 1 aromatic heterocycles. The van der Waals surface area contributed by atoms with Gasteiger partial charge in [-0.3, -0.25) is 4.79 Å². The third-order valence-corrected chi connectivity index (χ3v) is 3.35. The maximum atomic E-state index is 11.9. The molecule has 6 nitrogen and oxygen atoms in total. The van der Waals surface area contributed by atoms with Crippen LogP contribution in [0.4, 0.5) is 11.6 Å². The Balaban J connectivity index is 1.95. The van der Waals surface area contributed by atoms with Crippen LogP contribution >= 0.6 is 0 Å². The van der Waals surface area contributed by atoms with Crippen molar-refractivity contribution in [3.8, 4) is 0 Å². The summed E-state index contributed by atoms with van der Waals surface area (Å²) >= 11 is 0. The zero-order chi connectivity index (χ0) is 16.7. The lowest BCUT2D eigenvalue weighted by Gasteiger charge is -2.09. The average Bonchev–Trinajstić information content (AvgIpc) is 2.55. The van der Waals surface area contributed by atoms with Crippen LogP contribution in [0.25, 0.3) is 0 Å². The molecule has 0 saturated carbocycles. The van der Waals surface area contributed by atoms with Gasteiger partial charge < -0.3 is 15.4 Å². The summed E-state index contributed by atoms with van der Waals surface area (Å²) in [6, 6.07) is 6.10. The Hall–Kier alpha value is -2.47. The summed E-state index contributed by atoms with van der Waals surface area (Å²) in [5.41, 5.74) is 3.71.